The Morgan fingerprint density at radius 1 is 1.47 bits per heavy atom. The van der Waals surface area contributed by atoms with Gasteiger partial charge in [-0.05, 0) is 59.5 Å². The van der Waals surface area contributed by atoms with Crippen LogP contribution in [0.25, 0.3) is 0 Å². The Labute approximate surface area is 105 Å². The summed E-state index contributed by atoms with van der Waals surface area (Å²) in [7, 11) is 0. The van der Waals surface area contributed by atoms with Crippen molar-refractivity contribution in [3.05, 3.63) is 21.8 Å². The first-order valence-corrected chi connectivity index (χ1v) is 6.54. The second-order valence-corrected chi connectivity index (χ2v) is 5.64. The summed E-state index contributed by atoms with van der Waals surface area (Å²) in [5.41, 5.74) is 8.17. The van der Waals surface area contributed by atoms with Crippen LogP contribution in [0, 0.1) is 9.49 Å². The van der Waals surface area contributed by atoms with Crippen LogP contribution in [0.1, 0.15) is 19.8 Å². The molecule has 1 fully saturated rings. The first-order chi connectivity index (χ1) is 7.16. The maximum atomic E-state index is 6.05. The summed E-state index contributed by atoms with van der Waals surface area (Å²) in [5.74, 6) is 0.789. The zero-order chi connectivity index (χ0) is 10.8. The quantitative estimate of drug-likeness (QED) is 0.637. The highest BCUT2D eigenvalue weighted by Crippen LogP contribution is 2.29. The summed E-state index contributed by atoms with van der Waals surface area (Å²) in [6.07, 6.45) is 2.63. The van der Waals surface area contributed by atoms with Crippen molar-refractivity contribution in [3.63, 3.8) is 0 Å². The van der Waals surface area contributed by atoms with Gasteiger partial charge in [0.05, 0.1) is 11.4 Å². The number of anilines is 2. The van der Waals surface area contributed by atoms with Gasteiger partial charge in [0.1, 0.15) is 0 Å². The largest absolute Gasteiger partial charge is 0.397 e. The van der Waals surface area contributed by atoms with Crippen LogP contribution in [0.15, 0.2) is 18.2 Å². The van der Waals surface area contributed by atoms with E-state index < -0.39 is 0 Å². The average Bonchev–Trinajstić information content (AvgIpc) is 2.17. The van der Waals surface area contributed by atoms with E-state index in [-0.39, 0.29) is 0 Å². The van der Waals surface area contributed by atoms with Crippen LogP contribution >= 0.6 is 22.6 Å². The van der Waals surface area contributed by atoms with E-state index in [0.717, 1.165) is 24.7 Å². The molecule has 0 aliphatic carbocycles. The fourth-order valence-electron chi connectivity index (χ4n) is 2.22. The fourth-order valence-corrected chi connectivity index (χ4v) is 2.74. The zero-order valence-corrected chi connectivity index (χ0v) is 11.2. The number of nitrogens with two attached hydrogens (primary N) is 1. The van der Waals surface area contributed by atoms with E-state index in [1.165, 1.54) is 22.1 Å². The van der Waals surface area contributed by atoms with Crippen molar-refractivity contribution in [2.24, 2.45) is 5.92 Å². The smallest absolute Gasteiger partial charge is 0.0600 e. The Kier molecular flexibility index (Phi) is 3.38. The van der Waals surface area contributed by atoms with Crippen LogP contribution in [0.2, 0.25) is 0 Å². The summed E-state index contributed by atoms with van der Waals surface area (Å²) >= 11 is 2.30. The minimum atomic E-state index is 0.789. The minimum Gasteiger partial charge on any atom is -0.397 e. The van der Waals surface area contributed by atoms with Crippen LogP contribution < -0.4 is 10.6 Å². The SMILES string of the molecule is CC1CCCN(c2ccc(I)cc2N)C1. The summed E-state index contributed by atoms with van der Waals surface area (Å²) in [4.78, 5) is 2.42. The van der Waals surface area contributed by atoms with Crippen molar-refractivity contribution in [2.75, 3.05) is 23.7 Å². The van der Waals surface area contributed by atoms with Crippen molar-refractivity contribution in [1.29, 1.82) is 0 Å². The fraction of sp³-hybridized carbons (Fsp3) is 0.500. The van der Waals surface area contributed by atoms with Crippen molar-refractivity contribution < 1.29 is 0 Å². The van der Waals surface area contributed by atoms with Crippen molar-refractivity contribution in [2.45, 2.75) is 19.8 Å². The third-order valence-corrected chi connectivity index (χ3v) is 3.66. The predicted molar refractivity (Wildman–Crippen MR) is 74.2 cm³/mol. The Bertz CT molecular complexity index is 351. The van der Waals surface area contributed by atoms with Gasteiger partial charge < -0.3 is 10.6 Å². The molecule has 1 heterocycles. The standard InChI is InChI=1S/C12H17IN2/c1-9-3-2-6-15(8-9)12-5-4-10(13)7-11(12)14/h4-5,7,9H,2-3,6,8,14H2,1H3. The summed E-state index contributed by atoms with van der Waals surface area (Å²) in [6, 6.07) is 6.33. The van der Waals surface area contributed by atoms with Crippen LogP contribution in [-0.4, -0.2) is 13.1 Å². The van der Waals surface area contributed by atoms with Gasteiger partial charge in [-0.25, -0.2) is 0 Å². The predicted octanol–water partition coefficient (Wildman–Crippen LogP) is 3.11. The molecule has 1 atom stereocenters. The normalized spacial score (nSPS) is 21.7. The van der Waals surface area contributed by atoms with Crippen molar-refractivity contribution in [1.82, 2.24) is 0 Å². The highest BCUT2D eigenvalue weighted by molar-refractivity contribution is 14.1. The molecular formula is C12H17IN2. The van der Waals surface area contributed by atoms with Crippen molar-refractivity contribution in [3.8, 4) is 0 Å². The Morgan fingerprint density at radius 2 is 2.27 bits per heavy atom. The topological polar surface area (TPSA) is 29.3 Å². The molecule has 0 saturated carbocycles. The molecule has 1 aliphatic heterocycles. The maximum Gasteiger partial charge on any atom is 0.0600 e. The first kappa shape index (κ1) is 11.0. The number of nitrogens with zero attached hydrogens (tertiary/aromatic N) is 1. The summed E-state index contributed by atoms with van der Waals surface area (Å²) < 4.78 is 1.21. The molecule has 2 nitrogen and oxygen atoms in total. The van der Waals surface area contributed by atoms with Gasteiger partial charge in [-0.1, -0.05) is 6.92 Å². The lowest BCUT2D eigenvalue weighted by Crippen LogP contribution is -2.34. The van der Waals surface area contributed by atoms with Gasteiger partial charge in [0.2, 0.25) is 0 Å². The molecule has 1 aromatic carbocycles. The lowest BCUT2D eigenvalue weighted by atomic mass is 9.99. The number of piperidine rings is 1. The maximum absolute atomic E-state index is 6.05. The van der Waals surface area contributed by atoms with Crippen LogP contribution in [0.5, 0.6) is 0 Å². The molecule has 15 heavy (non-hydrogen) atoms. The average molecular weight is 316 g/mol. The third kappa shape index (κ3) is 2.56. The summed E-state index contributed by atoms with van der Waals surface area (Å²) in [6.45, 7) is 4.61. The van der Waals surface area contributed by atoms with Gasteiger partial charge in [0, 0.05) is 16.7 Å². The molecule has 82 valence electrons. The molecule has 1 aliphatic rings. The van der Waals surface area contributed by atoms with Gasteiger partial charge in [-0.15, -0.1) is 0 Å². The van der Waals surface area contributed by atoms with E-state index >= 15 is 0 Å². The molecule has 0 bridgehead atoms. The molecule has 0 spiro atoms. The first-order valence-electron chi connectivity index (χ1n) is 5.47. The monoisotopic (exact) mass is 316 g/mol. The Balaban J connectivity index is 2.21. The third-order valence-electron chi connectivity index (χ3n) is 2.99. The molecular weight excluding hydrogens is 299 g/mol. The van der Waals surface area contributed by atoms with Crippen LogP contribution in [0.4, 0.5) is 11.4 Å². The minimum absolute atomic E-state index is 0.789. The lowest BCUT2D eigenvalue weighted by molar-refractivity contribution is 0.447. The number of halogens is 1. The summed E-state index contributed by atoms with van der Waals surface area (Å²) in [5, 5.41) is 0. The van der Waals surface area contributed by atoms with Crippen molar-refractivity contribution >= 4 is 34.0 Å². The van der Waals surface area contributed by atoms with Gasteiger partial charge in [0.15, 0.2) is 0 Å². The van der Waals surface area contributed by atoms with Crippen LogP contribution in [-0.2, 0) is 0 Å². The highest BCUT2D eigenvalue weighted by atomic mass is 127. The van der Waals surface area contributed by atoms with E-state index in [9.17, 15) is 0 Å². The Morgan fingerprint density at radius 3 is 2.93 bits per heavy atom. The van der Waals surface area contributed by atoms with Gasteiger partial charge in [0.25, 0.3) is 0 Å². The van der Waals surface area contributed by atoms with Gasteiger partial charge in [-0.3, -0.25) is 0 Å². The number of benzene rings is 1. The number of rotatable bonds is 1. The number of nitrogen functional groups attached to an aromatic ring is 1. The van der Waals surface area contributed by atoms with E-state index in [0.29, 0.717) is 0 Å². The molecule has 3 heteroatoms. The molecule has 1 unspecified atom stereocenters. The lowest BCUT2D eigenvalue weighted by Gasteiger charge is -2.33. The number of hydrogen-bond acceptors (Lipinski definition) is 2. The molecule has 0 radical (unpaired) electrons. The van der Waals surface area contributed by atoms with E-state index in [1.54, 1.807) is 0 Å². The second-order valence-electron chi connectivity index (χ2n) is 4.40. The molecule has 2 rings (SSSR count). The molecule has 0 aromatic heterocycles. The number of hydrogen-bond donors (Lipinski definition) is 1. The van der Waals surface area contributed by atoms with E-state index in [1.807, 2.05) is 0 Å². The second kappa shape index (κ2) is 4.60. The molecule has 1 saturated heterocycles. The van der Waals surface area contributed by atoms with Crippen LogP contribution in [0.3, 0.4) is 0 Å². The van der Waals surface area contributed by atoms with Gasteiger partial charge >= 0.3 is 0 Å². The van der Waals surface area contributed by atoms with Gasteiger partial charge in [-0.2, -0.15) is 0 Å². The zero-order valence-electron chi connectivity index (χ0n) is 9.04. The van der Waals surface area contributed by atoms with E-state index in [2.05, 4.69) is 52.6 Å². The highest BCUT2D eigenvalue weighted by Gasteiger charge is 2.17. The molecule has 1 aromatic rings. The molecule has 2 N–H and O–H groups in total. The Hall–Kier alpha value is -0.450. The van der Waals surface area contributed by atoms with E-state index in [4.69, 9.17) is 5.73 Å². The molecule has 0 amide bonds.